The minimum Gasteiger partial charge on any atom is -0.441 e. The SMILES string of the molecule is CC(=O)OC1(COCc2ccccc2)CCCN1C. The van der Waals surface area contributed by atoms with Crippen molar-refractivity contribution < 1.29 is 14.3 Å². The number of carbonyl (C=O) groups is 1. The van der Waals surface area contributed by atoms with E-state index in [-0.39, 0.29) is 5.97 Å². The Labute approximate surface area is 114 Å². The third kappa shape index (κ3) is 3.55. The van der Waals surface area contributed by atoms with Gasteiger partial charge in [0.05, 0.1) is 6.61 Å². The molecule has 1 unspecified atom stereocenters. The van der Waals surface area contributed by atoms with Crippen LogP contribution >= 0.6 is 0 Å². The summed E-state index contributed by atoms with van der Waals surface area (Å²) in [5, 5.41) is 0. The van der Waals surface area contributed by atoms with E-state index in [1.54, 1.807) is 0 Å². The molecule has 4 heteroatoms. The summed E-state index contributed by atoms with van der Waals surface area (Å²) in [6.45, 7) is 3.34. The Balaban J connectivity index is 1.92. The van der Waals surface area contributed by atoms with Crippen LogP contribution in [0, 0.1) is 0 Å². The summed E-state index contributed by atoms with van der Waals surface area (Å²) in [5.74, 6) is -0.253. The number of ether oxygens (including phenoxy) is 2. The second-order valence-electron chi connectivity index (χ2n) is 5.04. The first-order chi connectivity index (χ1) is 9.12. The lowest BCUT2D eigenvalue weighted by Gasteiger charge is -2.34. The molecule has 0 aliphatic carbocycles. The van der Waals surface area contributed by atoms with Crippen molar-refractivity contribution in [2.24, 2.45) is 0 Å². The molecule has 1 aromatic carbocycles. The molecule has 1 fully saturated rings. The summed E-state index contributed by atoms with van der Waals surface area (Å²) in [4.78, 5) is 13.3. The Bertz CT molecular complexity index is 421. The highest BCUT2D eigenvalue weighted by molar-refractivity contribution is 5.66. The van der Waals surface area contributed by atoms with Gasteiger partial charge in [-0.05, 0) is 19.0 Å². The number of carbonyl (C=O) groups excluding carboxylic acids is 1. The summed E-state index contributed by atoms with van der Waals surface area (Å²) in [7, 11) is 1.97. The highest BCUT2D eigenvalue weighted by Crippen LogP contribution is 2.29. The van der Waals surface area contributed by atoms with E-state index in [4.69, 9.17) is 9.47 Å². The van der Waals surface area contributed by atoms with Gasteiger partial charge in [0, 0.05) is 19.9 Å². The van der Waals surface area contributed by atoms with Gasteiger partial charge in [-0.25, -0.2) is 0 Å². The molecule has 1 aromatic rings. The topological polar surface area (TPSA) is 38.8 Å². The molecule has 2 rings (SSSR count). The molecule has 1 atom stereocenters. The molecular weight excluding hydrogens is 242 g/mol. The van der Waals surface area contributed by atoms with Crippen molar-refractivity contribution in [1.29, 1.82) is 0 Å². The van der Waals surface area contributed by atoms with E-state index < -0.39 is 5.72 Å². The molecule has 0 bridgehead atoms. The molecule has 19 heavy (non-hydrogen) atoms. The predicted molar refractivity (Wildman–Crippen MR) is 72.5 cm³/mol. The van der Waals surface area contributed by atoms with E-state index in [0.717, 1.165) is 24.9 Å². The summed E-state index contributed by atoms with van der Waals surface area (Å²) < 4.78 is 11.3. The highest BCUT2D eigenvalue weighted by Gasteiger charge is 2.42. The first-order valence-electron chi connectivity index (χ1n) is 6.65. The van der Waals surface area contributed by atoms with E-state index >= 15 is 0 Å². The minimum atomic E-state index is -0.583. The van der Waals surface area contributed by atoms with Gasteiger partial charge < -0.3 is 9.47 Å². The number of esters is 1. The van der Waals surface area contributed by atoms with Crippen molar-refractivity contribution in [3.05, 3.63) is 35.9 Å². The molecule has 0 radical (unpaired) electrons. The number of likely N-dealkylation sites (tertiary alicyclic amines) is 1. The zero-order chi connectivity index (χ0) is 13.7. The van der Waals surface area contributed by atoms with E-state index in [2.05, 4.69) is 4.90 Å². The molecule has 1 saturated heterocycles. The zero-order valence-corrected chi connectivity index (χ0v) is 11.6. The fraction of sp³-hybridized carbons (Fsp3) is 0.533. The molecule has 0 aromatic heterocycles. The van der Waals surface area contributed by atoms with Crippen LogP contribution in [0.15, 0.2) is 30.3 Å². The molecular formula is C15H21NO3. The van der Waals surface area contributed by atoms with Crippen LogP contribution in [0.25, 0.3) is 0 Å². The Hall–Kier alpha value is -1.39. The van der Waals surface area contributed by atoms with Gasteiger partial charge in [0.25, 0.3) is 0 Å². The van der Waals surface area contributed by atoms with Crippen molar-refractivity contribution >= 4 is 5.97 Å². The quantitative estimate of drug-likeness (QED) is 0.763. The molecule has 4 nitrogen and oxygen atoms in total. The standard InChI is InChI=1S/C15H21NO3/c1-13(17)19-15(9-6-10-16(15)2)12-18-11-14-7-4-3-5-8-14/h3-5,7-8H,6,9-12H2,1-2H3. The van der Waals surface area contributed by atoms with Gasteiger partial charge >= 0.3 is 5.97 Å². The summed E-state index contributed by atoms with van der Waals surface area (Å²) in [6, 6.07) is 10.0. The fourth-order valence-corrected chi connectivity index (χ4v) is 2.50. The van der Waals surface area contributed by atoms with Gasteiger partial charge in [0.15, 0.2) is 5.72 Å². The lowest BCUT2D eigenvalue weighted by atomic mass is 10.1. The van der Waals surface area contributed by atoms with Gasteiger partial charge in [0.1, 0.15) is 6.61 Å². The molecule has 0 spiro atoms. The number of benzene rings is 1. The lowest BCUT2D eigenvalue weighted by Crippen LogP contribution is -2.48. The maximum Gasteiger partial charge on any atom is 0.304 e. The summed E-state index contributed by atoms with van der Waals surface area (Å²) in [6.07, 6.45) is 1.86. The number of likely N-dealkylation sites (N-methyl/N-ethyl adjacent to an activating group) is 1. The van der Waals surface area contributed by atoms with Crippen LogP contribution in [-0.4, -0.2) is 36.8 Å². The number of nitrogens with zero attached hydrogens (tertiary/aromatic N) is 1. The Morgan fingerprint density at radius 1 is 1.37 bits per heavy atom. The number of rotatable bonds is 5. The largest absolute Gasteiger partial charge is 0.441 e. The van der Waals surface area contributed by atoms with Gasteiger partial charge in [-0.2, -0.15) is 0 Å². The maximum atomic E-state index is 11.3. The monoisotopic (exact) mass is 263 g/mol. The Morgan fingerprint density at radius 2 is 2.11 bits per heavy atom. The molecule has 1 aliphatic heterocycles. The van der Waals surface area contributed by atoms with Crippen LogP contribution in [0.4, 0.5) is 0 Å². The molecule has 104 valence electrons. The van der Waals surface area contributed by atoms with Crippen LogP contribution in [0.2, 0.25) is 0 Å². The van der Waals surface area contributed by atoms with Crippen molar-refractivity contribution in [2.45, 2.75) is 32.1 Å². The smallest absolute Gasteiger partial charge is 0.304 e. The zero-order valence-electron chi connectivity index (χ0n) is 11.6. The summed E-state index contributed by atoms with van der Waals surface area (Å²) >= 11 is 0. The molecule has 1 heterocycles. The molecule has 0 amide bonds. The maximum absolute atomic E-state index is 11.3. The van der Waals surface area contributed by atoms with Gasteiger partial charge in [-0.1, -0.05) is 30.3 Å². The summed E-state index contributed by atoms with van der Waals surface area (Å²) in [5.41, 5.74) is 0.543. The average Bonchev–Trinajstić information content (AvgIpc) is 2.71. The Kier molecular flexibility index (Phi) is 4.56. The van der Waals surface area contributed by atoms with Gasteiger partial charge in [-0.3, -0.25) is 9.69 Å². The van der Waals surface area contributed by atoms with Crippen molar-refractivity contribution in [1.82, 2.24) is 4.90 Å². The van der Waals surface area contributed by atoms with Crippen LogP contribution in [0.1, 0.15) is 25.3 Å². The number of hydrogen-bond donors (Lipinski definition) is 0. The van der Waals surface area contributed by atoms with E-state index in [9.17, 15) is 4.79 Å². The van der Waals surface area contributed by atoms with Crippen LogP contribution in [-0.2, 0) is 20.9 Å². The van der Waals surface area contributed by atoms with E-state index in [1.807, 2.05) is 37.4 Å². The first kappa shape index (κ1) is 14.0. The second kappa shape index (κ2) is 6.17. The molecule has 0 N–H and O–H groups in total. The van der Waals surface area contributed by atoms with Crippen LogP contribution in [0.3, 0.4) is 0 Å². The van der Waals surface area contributed by atoms with E-state index in [0.29, 0.717) is 13.2 Å². The van der Waals surface area contributed by atoms with Crippen molar-refractivity contribution in [3.8, 4) is 0 Å². The number of hydrogen-bond acceptors (Lipinski definition) is 4. The molecule has 0 saturated carbocycles. The van der Waals surface area contributed by atoms with Gasteiger partial charge in [0.2, 0.25) is 0 Å². The highest BCUT2D eigenvalue weighted by atomic mass is 16.6. The minimum absolute atomic E-state index is 0.253. The third-order valence-electron chi connectivity index (χ3n) is 3.53. The third-order valence-corrected chi connectivity index (χ3v) is 3.53. The normalized spacial score (nSPS) is 23.5. The Morgan fingerprint density at radius 3 is 2.68 bits per heavy atom. The van der Waals surface area contributed by atoms with Gasteiger partial charge in [-0.15, -0.1) is 0 Å². The van der Waals surface area contributed by atoms with E-state index in [1.165, 1.54) is 6.92 Å². The first-order valence-corrected chi connectivity index (χ1v) is 6.65. The predicted octanol–water partition coefficient (Wildman–Crippen LogP) is 2.19. The van der Waals surface area contributed by atoms with Crippen LogP contribution < -0.4 is 0 Å². The van der Waals surface area contributed by atoms with Crippen LogP contribution in [0.5, 0.6) is 0 Å². The lowest BCUT2D eigenvalue weighted by molar-refractivity contribution is -0.187. The molecule has 1 aliphatic rings. The second-order valence-corrected chi connectivity index (χ2v) is 5.04. The fourth-order valence-electron chi connectivity index (χ4n) is 2.50. The van der Waals surface area contributed by atoms with Crippen molar-refractivity contribution in [3.63, 3.8) is 0 Å². The van der Waals surface area contributed by atoms with Crippen molar-refractivity contribution in [2.75, 3.05) is 20.2 Å². The average molecular weight is 263 g/mol.